The molecule has 2 aliphatic heterocycles. The fourth-order valence-electron chi connectivity index (χ4n) is 3.10. The average Bonchev–Trinajstić information content (AvgIpc) is 2.56. The van der Waals surface area contributed by atoms with Gasteiger partial charge in [-0.3, -0.25) is 10.1 Å². The average molecular weight is 467 g/mol. The number of nitrogens with one attached hydrogen (secondary N) is 1. The van der Waals surface area contributed by atoms with E-state index in [1.54, 1.807) is 12.1 Å². The van der Waals surface area contributed by atoms with Crippen LogP contribution in [0.1, 0.15) is 19.8 Å². The lowest BCUT2D eigenvalue weighted by atomic mass is 9.99. The van der Waals surface area contributed by atoms with Crippen LogP contribution in [0.5, 0.6) is 0 Å². The number of nitrogens with zero attached hydrogens (tertiary/aromatic N) is 4. The van der Waals surface area contributed by atoms with Crippen molar-refractivity contribution in [2.45, 2.75) is 19.8 Å². The molecular weight excluding hydrogens is 442 g/mol. The first-order valence-electron chi connectivity index (χ1n) is 8.01. The van der Waals surface area contributed by atoms with Gasteiger partial charge in [0, 0.05) is 45.3 Å². The number of pyridine rings is 1. The van der Waals surface area contributed by atoms with Crippen molar-refractivity contribution < 1.29 is 4.92 Å². The van der Waals surface area contributed by atoms with E-state index >= 15 is 0 Å². The summed E-state index contributed by atoms with van der Waals surface area (Å²) in [6.07, 6.45) is 2.13. The highest BCUT2D eigenvalue weighted by molar-refractivity contribution is 8.93. The van der Waals surface area contributed by atoms with Crippen LogP contribution in [0.2, 0.25) is 0 Å². The van der Waals surface area contributed by atoms with Gasteiger partial charge in [0.2, 0.25) is 5.82 Å². The molecule has 0 bridgehead atoms. The molecule has 3 heterocycles. The Hall–Kier alpha value is -0.930. The van der Waals surface area contributed by atoms with Crippen LogP contribution in [0, 0.1) is 16.0 Å². The minimum Gasteiger partial charge on any atom is -0.354 e. The van der Waals surface area contributed by atoms with Crippen molar-refractivity contribution in [2.24, 2.45) is 5.92 Å². The molecule has 1 N–H and O–H groups in total. The van der Waals surface area contributed by atoms with Gasteiger partial charge in [-0.25, -0.2) is 4.98 Å². The molecule has 0 amide bonds. The van der Waals surface area contributed by atoms with E-state index in [0.717, 1.165) is 57.9 Å². The lowest BCUT2D eigenvalue weighted by Crippen LogP contribution is -2.44. The first-order valence-corrected chi connectivity index (χ1v) is 8.01. The maximum atomic E-state index is 11.3. The Morgan fingerprint density at radius 3 is 2.33 bits per heavy atom. The number of piperazine rings is 1. The lowest BCUT2D eigenvalue weighted by molar-refractivity contribution is -0.384. The Kier molecular flexibility index (Phi) is 8.38. The van der Waals surface area contributed by atoms with Gasteiger partial charge in [0.15, 0.2) is 0 Å². The van der Waals surface area contributed by atoms with Crippen molar-refractivity contribution in [1.82, 2.24) is 10.3 Å². The first kappa shape index (κ1) is 21.1. The molecule has 2 aliphatic rings. The summed E-state index contributed by atoms with van der Waals surface area (Å²) in [4.78, 5) is 19.9. The smallest absolute Gasteiger partial charge is 0.311 e. The van der Waals surface area contributed by atoms with E-state index in [9.17, 15) is 10.1 Å². The zero-order valence-electron chi connectivity index (χ0n) is 13.8. The number of anilines is 2. The molecule has 1 aromatic heterocycles. The molecule has 3 rings (SSSR count). The molecule has 0 unspecified atom stereocenters. The Morgan fingerprint density at radius 2 is 1.75 bits per heavy atom. The SMILES string of the molecule is Br.Br.CC1CCN(c2nc(N3CCNCC3)ccc2[N+](=O)[O-])CC1. The maximum Gasteiger partial charge on any atom is 0.311 e. The third-order valence-electron chi connectivity index (χ3n) is 4.56. The molecule has 2 saturated heterocycles. The Bertz CT molecular complexity index is 547. The van der Waals surface area contributed by atoms with Gasteiger partial charge in [0.1, 0.15) is 5.82 Å². The van der Waals surface area contributed by atoms with E-state index in [2.05, 4.69) is 27.0 Å². The fourth-order valence-corrected chi connectivity index (χ4v) is 3.10. The third-order valence-corrected chi connectivity index (χ3v) is 4.56. The molecule has 0 radical (unpaired) electrons. The van der Waals surface area contributed by atoms with Gasteiger partial charge < -0.3 is 15.1 Å². The van der Waals surface area contributed by atoms with Crippen molar-refractivity contribution >= 4 is 51.3 Å². The van der Waals surface area contributed by atoms with Crippen LogP contribution in [-0.4, -0.2) is 49.2 Å². The molecule has 7 nitrogen and oxygen atoms in total. The minimum atomic E-state index is -0.318. The second-order valence-electron chi connectivity index (χ2n) is 6.18. The molecule has 136 valence electrons. The van der Waals surface area contributed by atoms with E-state index in [0.29, 0.717) is 11.7 Å². The van der Waals surface area contributed by atoms with E-state index in [4.69, 9.17) is 0 Å². The van der Waals surface area contributed by atoms with E-state index in [-0.39, 0.29) is 44.6 Å². The normalized spacial score (nSPS) is 18.5. The van der Waals surface area contributed by atoms with E-state index < -0.39 is 0 Å². The number of halogens is 2. The largest absolute Gasteiger partial charge is 0.354 e. The second kappa shape index (κ2) is 9.53. The van der Waals surface area contributed by atoms with Crippen molar-refractivity contribution in [3.8, 4) is 0 Å². The molecule has 0 aliphatic carbocycles. The molecule has 24 heavy (non-hydrogen) atoms. The zero-order valence-corrected chi connectivity index (χ0v) is 17.2. The van der Waals surface area contributed by atoms with Crippen molar-refractivity contribution in [3.05, 3.63) is 22.2 Å². The highest BCUT2D eigenvalue weighted by atomic mass is 79.9. The molecule has 0 aromatic carbocycles. The maximum absolute atomic E-state index is 11.3. The number of nitro groups is 1. The van der Waals surface area contributed by atoms with Gasteiger partial charge in [-0.1, -0.05) is 6.92 Å². The predicted octanol–water partition coefficient (Wildman–Crippen LogP) is 2.79. The molecule has 0 atom stereocenters. The topological polar surface area (TPSA) is 74.5 Å². The van der Waals surface area contributed by atoms with Crippen LogP contribution < -0.4 is 15.1 Å². The number of aromatic nitrogens is 1. The van der Waals surface area contributed by atoms with Gasteiger partial charge in [0.05, 0.1) is 4.92 Å². The Morgan fingerprint density at radius 1 is 1.12 bits per heavy atom. The van der Waals surface area contributed by atoms with Gasteiger partial charge in [-0.2, -0.15) is 0 Å². The second-order valence-corrected chi connectivity index (χ2v) is 6.18. The van der Waals surface area contributed by atoms with Gasteiger partial charge in [-0.05, 0) is 24.8 Å². The van der Waals surface area contributed by atoms with Crippen LogP contribution in [-0.2, 0) is 0 Å². The predicted molar refractivity (Wildman–Crippen MR) is 107 cm³/mol. The minimum absolute atomic E-state index is 0. The number of hydrogen-bond donors (Lipinski definition) is 1. The van der Waals surface area contributed by atoms with E-state index in [1.807, 2.05) is 0 Å². The Balaban J connectivity index is 0.00000144. The quantitative estimate of drug-likeness (QED) is 0.545. The van der Waals surface area contributed by atoms with Crippen molar-refractivity contribution in [3.63, 3.8) is 0 Å². The highest BCUT2D eigenvalue weighted by Crippen LogP contribution is 2.31. The molecule has 1 aromatic rings. The number of piperidine rings is 1. The summed E-state index contributed by atoms with van der Waals surface area (Å²) in [5.74, 6) is 2.07. The summed E-state index contributed by atoms with van der Waals surface area (Å²) < 4.78 is 0. The van der Waals surface area contributed by atoms with Crippen LogP contribution in [0.3, 0.4) is 0 Å². The third kappa shape index (κ3) is 4.80. The van der Waals surface area contributed by atoms with Crippen LogP contribution in [0.4, 0.5) is 17.3 Å². The lowest BCUT2D eigenvalue weighted by Gasteiger charge is -2.32. The van der Waals surface area contributed by atoms with Crippen molar-refractivity contribution in [2.75, 3.05) is 49.1 Å². The van der Waals surface area contributed by atoms with Crippen LogP contribution >= 0.6 is 34.0 Å². The summed E-state index contributed by atoms with van der Waals surface area (Å²) >= 11 is 0. The number of rotatable bonds is 3. The number of hydrogen-bond acceptors (Lipinski definition) is 6. The molecular formula is C15H25Br2N5O2. The molecule has 9 heteroatoms. The standard InChI is InChI=1S/C15H23N5O2.2BrH/c1-12-4-8-19(9-5-12)15-13(20(21)22)2-3-14(17-15)18-10-6-16-7-11-18;;/h2-3,12,16H,4-11H2,1H3;2*1H. The monoisotopic (exact) mass is 465 g/mol. The summed E-state index contributed by atoms with van der Waals surface area (Å²) in [6.45, 7) is 7.56. The van der Waals surface area contributed by atoms with E-state index in [1.165, 1.54) is 0 Å². The summed E-state index contributed by atoms with van der Waals surface area (Å²) in [7, 11) is 0. The van der Waals surface area contributed by atoms with Crippen molar-refractivity contribution in [1.29, 1.82) is 0 Å². The Labute approximate surface area is 163 Å². The fraction of sp³-hybridized carbons (Fsp3) is 0.667. The summed E-state index contributed by atoms with van der Waals surface area (Å²) in [5, 5.41) is 14.6. The highest BCUT2D eigenvalue weighted by Gasteiger charge is 2.26. The molecule has 0 spiro atoms. The molecule has 2 fully saturated rings. The zero-order chi connectivity index (χ0) is 15.5. The molecule has 0 saturated carbocycles. The van der Waals surface area contributed by atoms with Crippen LogP contribution in [0.25, 0.3) is 0 Å². The summed E-state index contributed by atoms with van der Waals surface area (Å²) in [6, 6.07) is 3.39. The summed E-state index contributed by atoms with van der Waals surface area (Å²) in [5.41, 5.74) is 0.119. The van der Waals surface area contributed by atoms with Gasteiger partial charge in [0.25, 0.3) is 0 Å². The first-order chi connectivity index (χ1) is 10.6. The van der Waals surface area contributed by atoms with Crippen LogP contribution in [0.15, 0.2) is 12.1 Å². The van der Waals surface area contributed by atoms with Gasteiger partial charge in [-0.15, -0.1) is 34.0 Å². The van der Waals surface area contributed by atoms with Gasteiger partial charge >= 0.3 is 5.69 Å².